The summed E-state index contributed by atoms with van der Waals surface area (Å²) >= 11 is 0. The number of amides is 2. The normalized spacial score (nSPS) is 10.9. The Bertz CT molecular complexity index is 793. The number of hydrogen-bond donors (Lipinski definition) is 1. The predicted molar refractivity (Wildman–Crippen MR) is 110 cm³/mol. The van der Waals surface area contributed by atoms with E-state index in [0.29, 0.717) is 24.4 Å². The Labute approximate surface area is 166 Å². The minimum Gasteiger partial charge on any atom is -0.494 e. The highest BCUT2D eigenvalue weighted by Gasteiger charge is 2.17. The SMILES string of the molecule is CCOc1ccc(CN(C)C(=O)c2ccc(NC(=O)OC(C)(C)C)cc2)cc1. The van der Waals surface area contributed by atoms with Crippen molar-refractivity contribution in [2.45, 2.75) is 39.8 Å². The number of rotatable bonds is 6. The summed E-state index contributed by atoms with van der Waals surface area (Å²) in [5.41, 5.74) is 1.56. The molecule has 0 bridgehead atoms. The van der Waals surface area contributed by atoms with Gasteiger partial charge in [0.05, 0.1) is 6.61 Å². The largest absolute Gasteiger partial charge is 0.494 e. The minimum atomic E-state index is -0.566. The van der Waals surface area contributed by atoms with Gasteiger partial charge in [-0.1, -0.05) is 12.1 Å². The Morgan fingerprint density at radius 3 is 2.14 bits per heavy atom. The fourth-order valence-electron chi connectivity index (χ4n) is 2.54. The summed E-state index contributed by atoms with van der Waals surface area (Å²) in [5.74, 6) is 0.714. The lowest BCUT2D eigenvalue weighted by Crippen LogP contribution is -2.27. The molecule has 0 saturated carbocycles. The molecule has 0 aliphatic carbocycles. The summed E-state index contributed by atoms with van der Waals surface area (Å²) in [6.45, 7) is 8.45. The monoisotopic (exact) mass is 384 g/mol. The average Bonchev–Trinajstić information content (AvgIpc) is 2.62. The number of anilines is 1. The zero-order chi connectivity index (χ0) is 20.7. The first-order chi connectivity index (χ1) is 13.2. The molecule has 0 saturated heterocycles. The van der Waals surface area contributed by atoms with Crippen LogP contribution in [0.25, 0.3) is 0 Å². The van der Waals surface area contributed by atoms with Gasteiger partial charge in [-0.25, -0.2) is 4.79 Å². The van der Waals surface area contributed by atoms with Crippen LogP contribution in [0.3, 0.4) is 0 Å². The van der Waals surface area contributed by atoms with E-state index in [2.05, 4.69) is 5.32 Å². The standard InChI is InChI=1S/C22H28N2O4/c1-6-27-19-13-7-16(8-14-19)15-24(5)20(25)17-9-11-18(12-10-17)23-21(26)28-22(2,3)4/h7-14H,6,15H2,1-5H3,(H,23,26). The van der Waals surface area contributed by atoms with Gasteiger partial charge in [0, 0.05) is 24.8 Å². The molecule has 0 atom stereocenters. The third-order valence-corrected chi connectivity index (χ3v) is 3.78. The zero-order valence-corrected chi connectivity index (χ0v) is 17.1. The lowest BCUT2D eigenvalue weighted by Gasteiger charge is -2.20. The maximum absolute atomic E-state index is 12.6. The molecule has 28 heavy (non-hydrogen) atoms. The molecule has 0 aromatic heterocycles. The molecular weight excluding hydrogens is 356 g/mol. The van der Waals surface area contributed by atoms with E-state index in [-0.39, 0.29) is 5.91 Å². The summed E-state index contributed by atoms with van der Waals surface area (Å²) in [5, 5.41) is 2.65. The first kappa shape index (κ1) is 21.3. The molecule has 0 spiro atoms. The van der Waals surface area contributed by atoms with Gasteiger partial charge in [0.1, 0.15) is 11.4 Å². The van der Waals surface area contributed by atoms with Crippen LogP contribution in [-0.4, -0.2) is 36.2 Å². The van der Waals surface area contributed by atoms with Gasteiger partial charge in [-0.2, -0.15) is 0 Å². The Morgan fingerprint density at radius 1 is 1.00 bits per heavy atom. The van der Waals surface area contributed by atoms with Crippen LogP contribution in [-0.2, 0) is 11.3 Å². The van der Waals surface area contributed by atoms with E-state index in [1.807, 2.05) is 31.2 Å². The Kier molecular flexibility index (Phi) is 7.04. The van der Waals surface area contributed by atoms with E-state index >= 15 is 0 Å². The van der Waals surface area contributed by atoms with Crippen molar-refractivity contribution in [3.8, 4) is 5.75 Å². The fraction of sp³-hybridized carbons (Fsp3) is 0.364. The molecule has 0 aliphatic rings. The molecule has 1 N–H and O–H groups in total. The number of benzene rings is 2. The van der Waals surface area contributed by atoms with Crippen LogP contribution in [0.1, 0.15) is 43.6 Å². The summed E-state index contributed by atoms with van der Waals surface area (Å²) in [4.78, 5) is 26.1. The highest BCUT2D eigenvalue weighted by atomic mass is 16.6. The van der Waals surface area contributed by atoms with E-state index in [1.165, 1.54) is 0 Å². The highest BCUT2D eigenvalue weighted by molar-refractivity contribution is 5.95. The van der Waals surface area contributed by atoms with Crippen molar-refractivity contribution in [3.05, 3.63) is 59.7 Å². The molecule has 0 heterocycles. The minimum absolute atomic E-state index is 0.0993. The van der Waals surface area contributed by atoms with E-state index in [1.54, 1.807) is 57.0 Å². The Balaban J connectivity index is 1.95. The van der Waals surface area contributed by atoms with E-state index in [4.69, 9.17) is 9.47 Å². The maximum Gasteiger partial charge on any atom is 0.412 e. The molecule has 6 nitrogen and oxygen atoms in total. The third-order valence-electron chi connectivity index (χ3n) is 3.78. The van der Waals surface area contributed by atoms with Crippen molar-refractivity contribution in [2.75, 3.05) is 19.0 Å². The topological polar surface area (TPSA) is 67.9 Å². The summed E-state index contributed by atoms with van der Waals surface area (Å²) in [7, 11) is 1.76. The smallest absolute Gasteiger partial charge is 0.412 e. The van der Waals surface area contributed by atoms with Crippen LogP contribution < -0.4 is 10.1 Å². The highest BCUT2D eigenvalue weighted by Crippen LogP contribution is 2.16. The van der Waals surface area contributed by atoms with Crippen molar-refractivity contribution in [3.63, 3.8) is 0 Å². The van der Waals surface area contributed by atoms with Crippen LogP contribution in [0.15, 0.2) is 48.5 Å². The summed E-state index contributed by atoms with van der Waals surface area (Å²) < 4.78 is 10.6. The lowest BCUT2D eigenvalue weighted by molar-refractivity contribution is 0.0635. The Morgan fingerprint density at radius 2 is 1.61 bits per heavy atom. The summed E-state index contributed by atoms with van der Waals surface area (Å²) in [6, 6.07) is 14.4. The molecule has 2 rings (SSSR count). The van der Waals surface area contributed by atoms with Crippen molar-refractivity contribution < 1.29 is 19.1 Å². The van der Waals surface area contributed by atoms with Crippen LogP contribution >= 0.6 is 0 Å². The lowest BCUT2D eigenvalue weighted by atomic mass is 10.1. The molecule has 0 unspecified atom stereocenters. The van der Waals surface area contributed by atoms with Crippen LogP contribution in [0.4, 0.5) is 10.5 Å². The van der Waals surface area contributed by atoms with Gasteiger partial charge in [-0.15, -0.1) is 0 Å². The quantitative estimate of drug-likeness (QED) is 0.783. The van der Waals surface area contributed by atoms with Crippen LogP contribution in [0.2, 0.25) is 0 Å². The summed E-state index contributed by atoms with van der Waals surface area (Å²) in [6.07, 6.45) is -0.529. The van der Waals surface area contributed by atoms with Crippen molar-refractivity contribution >= 4 is 17.7 Å². The second-order valence-electron chi connectivity index (χ2n) is 7.44. The van der Waals surface area contributed by atoms with Crippen molar-refractivity contribution in [1.29, 1.82) is 0 Å². The van der Waals surface area contributed by atoms with Gasteiger partial charge < -0.3 is 14.4 Å². The fourth-order valence-corrected chi connectivity index (χ4v) is 2.54. The molecule has 2 aromatic rings. The number of hydrogen-bond acceptors (Lipinski definition) is 4. The van der Waals surface area contributed by atoms with Crippen LogP contribution in [0, 0.1) is 0 Å². The number of nitrogens with zero attached hydrogens (tertiary/aromatic N) is 1. The van der Waals surface area contributed by atoms with Gasteiger partial charge in [0.25, 0.3) is 5.91 Å². The molecule has 2 aromatic carbocycles. The third kappa shape index (κ3) is 6.61. The zero-order valence-electron chi connectivity index (χ0n) is 17.1. The predicted octanol–water partition coefficient (Wildman–Crippen LogP) is 4.70. The molecule has 6 heteroatoms. The second kappa shape index (κ2) is 9.26. The van der Waals surface area contributed by atoms with Gasteiger partial charge in [0.15, 0.2) is 0 Å². The number of carbonyl (C=O) groups excluding carboxylic acids is 2. The van der Waals surface area contributed by atoms with Gasteiger partial charge in [0.2, 0.25) is 0 Å². The van der Waals surface area contributed by atoms with E-state index < -0.39 is 11.7 Å². The first-order valence-electron chi connectivity index (χ1n) is 9.25. The van der Waals surface area contributed by atoms with Crippen molar-refractivity contribution in [2.24, 2.45) is 0 Å². The molecule has 0 fully saturated rings. The van der Waals surface area contributed by atoms with Gasteiger partial charge in [-0.3, -0.25) is 10.1 Å². The first-order valence-corrected chi connectivity index (χ1v) is 9.25. The number of ether oxygens (including phenoxy) is 2. The molecule has 0 aliphatic heterocycles. The Hall–Kier alpha value is -3.02. The average molecular weight is 384 g/mol. The number of nitrogens with one attached hydrogen (secondary N) is 1. The molecule has 2 amide bonds. The van der Waals surface area contributed by atoms with Gasteiger partial charge >= 0.3 is 6.09 Å². The molecule has 150 valence electrons. The van der Waals surface area contributed by atoms with Crippen LogP contribution in [0.5, 0.6) is 5.75 Å². The van der Waals surface area contributed by atoms with Gasteiger partial charge in [-0.05, 0) is 69.7 Å². The second-order valence-corrected chi connectivity index (χ2v) is 7.44. The number of carbonyl (C=O) groups is 2. The molecular formula is C22H28N2O4. The van der Waals surface area contributed by atoms with E-state index in [9.17, 15) is 9.59 Å². The maximum atomic E-state index is 12.6. The van der Waals surface area contributed by atoms with Crippen molar-refractivity contribution in [1.82, 2.24) is 4.90 Å². The van der Waals surface area contributed by atoms with E-state index in [0.717, 1.165) is 11.3 Å². The molecule has 0 radical (unpaired) electrons.